The van der Waals surface area contributed by atoms with Gasteiger partial charge in [-0.15, -0.1) is 0 Å². The molecule has 4 nitrogen and oxygen atoms in total. The monoisotopic (exact) mass is 226 g/mol. The minimum Gasteiger partial charge on any atom is -0.337 e. The standard InChI is InChI=1S/C13H14N4/c1-2-5-13-12(4-1)15-11-17(13)8-3-7-16-9-6-14-10-16/h1-2,4-6,9-11H,3,7-8H2. The molecule has 0 spiro atoms. The maximum atomic E-state index is 4.38. The molecule has 0 fully saturated rings. The summed E-state index contributed by atoms with van der Waals surface area (Å²) in [5.41, 5.74) is 2.27. The molecule has 0 unspecified atom stereocenters. The third-order valence-electron chi connectivity index (χ3n) is 2.90. The molecule has 0 atom stereocenters. The van der Waals surface area contributed by atoms with Crippen LogP contribution in [0.2, 0.25) is 0 Å². The molecular formula is C13H14N4. The van der Waals surface area contributed by atoms with Gasteiger partial charge >= 0.3 is 0 Å². The van der Waals surface area contributed by atoms with Crippen LogP contribution in [-0.4, -0.2) is 19.1 Å². The summed E-state index contributed by atoms with van der Waals surface area (Å²) in [5.74, 6) is 0. The van der Waals surface area contributed by atoms with Crippen LogP contribution in [0, 0.1) is 0 Å². The van der Waals surface area contributed by atoms with Crippen molar-refractivity contribution in [2.24, 2.45) is 0 Å². The number of imidazole rings is 2. The summed E-state index contributed by atoms with van der Waals surface area (Å²) in [5, 5.41) is 0. The number of aromatic nitrogens is 4. The van der Waals surface area contributed by atoms with Gasteiger partial charge in [-0.25, -0.2) is 9.97 Å². The number of rotatable bonds is 4. The third-order valence-corrected chi connectivity index (χ3v) is 2.90. The summed E-state index contributed by atoms with van der Waals surface area (Å²) >= 11 is 0. The first-order valence-corrected chi connectivity index (χ1v) is 5.79. The molecule has 1 aromatic carbocycles. The predicted molar refractivity (Wildman–Crippen MR) is 66.6 cm³/mol. The smallest absolute Gasteiger partial charge is 0.0958 e. The summed E-state index contributed by atoms with van der Waals surface area (Å²) in [6.45, 7) is 1.98. The second-order valence-corrected chi connectivity index (χ2v) is 4.08. The number of hydrogen-bond acceptors (Lipinski definition) is 2. The summed E-state index contributed by atoms with van der Waals surface area (Å²) in [6.07, 6.45) is 8.65. The van der Waals surface area contributed by atoms with Crippen molar-refractivity contribution in [1.82, 2.24) is 19.1 Å². The van der Waals surface area contributed by atoms with Crippen LogP contribution in [0.25, 0.3) is 11.0 Å². The molecule has 4 heteroatoms. The van der Waals surface area contributed by atoms with Crippen molar-refractivity contribution < 1.29 is 0 Å². The average molecular weight is 226 g/mol. The summed E-state index contributed by atoms with van der Waals surface area (Å²) < 4.78 is 4.30. The van der Waals surface area contributed by atoms with Gasteiger partial charge in [0.15, 0.2) is 0 Å². The van der Waals surface area contributed by atoms with Crippen LogP contribution in [0.5, 0.6) is 0 Å². The Labute approximate surface area is 99.5 Å². The minimum absolute atomic E-state index is 0.985. The molecule has 0 aliphatic heterocycles. The molecule has 0 radical (unpaired) electrons. The summed E-state index contributed by atoms with van der Waals surface area (Å²) in [6, 6.07) is 8.22. The van der Waals surface area contributed by atoms with Crippen LogP contribution in [0.1, 0.15) is 6.42 Å². The molecule has 2 aromatic heterocycles. The van der Waals surface area contributed by atoms with Crippen molar-refractivity contribution in [1.29, 1.82) is 0 Å². The SMILES string of the molecule is c1ccc2c(c1)ncn2CCCn1ccnc1. The van der Waals surface area contributed by atoms with Crippen molar-refractivity contribution in [2.45, 2.75) is 19.5 Å². The van der Waals surface area contributed by atoms with Crippen LogP contribution < -0.4 is 0 Å². The number of hydrogen-bond donors (Lipinski definition) is 0. The van der Waals surface area contributed by atoms with Gasteiger partial charge in [0.25, 0.3) is 0 Å². The zero-order valence-electron chi connectivity index (χ0n) is 9.53. The lowest BCUT2D eigenvalue weighted by Crippen LogP contribution is -2.01. The quantitative estimate of drug-likeness (QED) is 0.684. The molecule has 0 aliphatic carbocycles. The number of para-hydroxylation sites is 2. The van der Waals surface area contributed by atoms with Crippen LogP contribution in [-0.2, 0) is 13.1 Å². The van der Waals surface area contributed by atoms with Gasteiger partial charge in [-0.1, -0.05) is 12.1 Å². The normalized spacial score (nSPS) is 11.1. The van der Waals surface area contributed by atoms with E-state index in [0.29, 0.717) is 0 Å². The maximum Gasteiger partial charge on any atom is 0.0958 e. The van der Waals surface area contributed by atoms with E-state index in [0.717, 1.165) is 25.0 Å². The van der Waals surface area contributed by atoms with Crippen molar-refractivity contribution in [3.8, 4) is 0 Å². The highest BCUT2D eigenvalue weighted by Gasteiger charge is 2.00. The lowest BCUT2D eigenvalue weighted by molar-refractivity contribution is 0.571. The maximum absolute atomic E-state index is 4.38. The first kappa shape index (κ1) is 10.1. The lowest BCUT2D eigenvalue weighted by Gasteiger charge is -2.04. The molecule has 2 heterocycles. The molecule has 0 saturated carbocycles. The van der Waals surface area contributed by atoms with Gasteiger partial charge in [-0.2, -0.15) is 0 Å². The summed E-state index contributed by atoms with van der Waals surface area (Å²) in [7, 11) is 0. The van der Waals surface area contributed by atoms with E-state index in [9.17, 15) is 0 Å². The largest absolute Gasteiger partial charge is 0.337 e. The van der Waals surface area contributed by atoms with Crippen molar-refractivity contribution in [3.63, 3.8) is 0 Å². The Bertz CT molecular complexity index is 595. The van der Waals surface area contributed by atoms with Crippen molar-refractivity contribution in [3.05, 3.63) is 49.3 Å². The average Bonchev–Trinajstić information content (AvgIpc) is 2.99. The van der Waals surface area contributed by atoms with Crippen LogP contribution in [0.4, 0.5) is 0 Å². The van der Waals surface area contributed by atoms with Gasteiger partial charge in [0.1, 0.15) is 0 Å². The van der Waals surface area contributed by atoms with E-state index >= 15 is 0 Å². The zero-order valence-corrected chi connectivity index (χ0v) is 9.53. The molecular weight excluding hydrogens is 212 g/mol. The number of benzene rings is 1. The zero-order chi connectivity index (χ0) is 11.5. The van der Waals surface area contributed by atoms with Gasteiger partial charge in [0.2, 0.25) is 0 Å². The summed E-state index contributed by atoms with van der Waals surface area (Å²) in [4.78, 5) is 8.41. The Balaban J connectivity index is 1.69. The third kappa shape index (κ3) is 2.06. The first-order chi connectivity index (χ1) is 8.43. The van der Waals surface area contributed by atoms with E-state index in [1.807, 2.05) is 37.2 Å². The molecule has 17 heavy (non-hydrogen) atoms. The number of fused-ring (bicyclic) bond motifs is 1. The number of nitrogens with zero attached hydrogens (tertiary/aromatic N) is 4. The molecule has 0 saturated heterocycles. The highest BCUT2D eigenvalue weighted by Crippen LogP contribution is 2.12. The fourth-order valence-corrected chi connectivity index (χ4v) is 2.03. The first-order valence-electron chi connectivity index (χ1n) is 5.79. The Morgan fingerprint density at radius 1 is 1.06 bits per heavy atom. The van der Waals surface area contributed by atoms with Crippen LogP contribution in [0.3, 0.4) is 0 Å². The fourth-order valence-electron chi connectivity index (χ4n) is 2.03. The lowest BCUT2D eigenvalue weighted by atomic mass is 10.3. The van der Waals surface area contributed by atoms with E-state index in [1.54, 1.807) is 0 Å². The van der Waals surface area contributed by atoms with E-state index in [2.05, 4.69) is 31.2 Å². The Morgan fingerprint density at radius 3 is 2.88 bits per heavy atom. The van der Waals surface area contributed by atoms with Gasteiger partial charge in [-0.3, -0.25) is 0 Å². The molecule has 3 rings (SSSR count). The predicted octanol–water partition coefficient (Wildman–Crippen LogP) is 2.32. The van der Waals surface area contributed by atoms with E-state index in [1.165, 1.54) is 5.52 Å². The molecule has 0 amide bonds. The van der Waals surface area contributed by atoms with Gasteiger partial charge < -0.3 is 9.13 Å². The highest BCUT2D eigenvalue weighted by molar-refractivity contribution is 5.74. The van der Waals surface area contributed by atoms with Gasteiger partial charge in [-0.05, 0) is 18.6 Å². The molecule has 86 valence electrons. The fraction of sp³-hybridized carbons (Fsp3) is 0.231. The van der Waals surface area contributed by atoms with Crippen molar-refractivity contribution >= 4 is 11.0 Å². The Kier molecular flexibility index (Phi) is 2.62. The minimum atomic E-state index is 0.985. The Hall–Kier alpha value is -2.10. The van der Waals surface area contributed by atoms with Crippen molar-refractivity contribution in [2.75, 3.05) is 0 Å². The van der Waals surface area contributed by atoms with Gasteiger partial charge in [0.05, 0.1) is 23.7 Å². The van der Waals surface area contributed by atoms with E-state index < -0.39 is 0 Å². The van der Waals surface area contributed by atoms with Crippen LogP contribution in [0.15, 0.2) is 49.3 Å². The second-order valence-electron chi connectivity index (χ2n) is 4.08. The van der Waals surface area contributed by atoms with E-state index in [-0.39, 0.29) is 0 Å². The van der Waals surface area contributed by atoms with E-state index in [4.69, 9.17) is 0 Å². The van der Waals surface area contributed by atoms with Crippen LogP contribution >= 0.6 is 0 Å². The molecule has 0 aliphatic rings. The Morgan fingerprint density at radius 2 is 2.00 bits per heavy atom. The molecule has 3 aromatic rings. The number of aryl methyl sites for hydroxylation is 2. The topological polar surface area (TPSA) is 35.6 Å². The molecule has 0 bridgehead atoms. The molecule has 0 N–H and O–H groups in total. The highest BCUT2D eigenvalue weighted by atomic mass is 15.1. The van der Waals surface area contributed by atoms with Gasteiger partial charge in [0, 0.05) is 25.5 Å². The second kappa shape index (κ2) is 4.41.